The van der Waals surface area contributed by atoms with Gasteiger partial charge in [0.25, 0.3) is 0 Å². The molecule has 1 aliphatic rings. The highest BCUT2D eigenvalue weighted by Crippen LogP contribution is 2.25. The minimum atomic E-state index is 0.639. The number of nitrogens with zero attached hydrogens (tertiary/aromatic N) is 2. The maximum Gasteiger partial charge on any atom is 0.0897 e. The van der Waals surface area contributed by atoms with Crippen LogP contribution in [0.5, 0.6) is 0 Å². The second-order valence-electron chi connectivity index (χ2n) is 4.01. The maximum atomic E-state index is 5.67. The zero-order valence-electron chi connectivity index (χ0n) is 9.10. The molecule has 0 amide bonds. The Morgan fingerprint density at radius 1 is 1.25 bits per heavy atom. The first-order valence-corrected chi connectivity index (χ1v) is 5.27. The maximum absolute atomic E-state index is 5.67. The van der Waals surface area contributed by atoms with Gasteiger partial charge in [-0.1, -0.05) is 0 Å². The Morgan fingerprint density at radius 3 is 2.75 bits per heavy atom. The van der Waals surface area contributed by atoms with Crippen molar-refractivity contribution >= 4 is 5.69 Å². The minimum absolute atomic E-state index is 0.639. The van der Waals surface area contributed by atoms with Crippen molar-refractivity contribution in [2.75, 3.05) is 5.73 Å². The van der Waals surface area contributed by atoms with Crippen LogP contribution < -0.4 is 5.73 Å². The summed E-state index contributed by atoms with van der Waals surface area (Å²) in [5, 5.41) is 4.53. The molecule has 0 bridgehead atoms. The van der Waals surface area contributed by atoms with Crippen molar-refractivity contribution < 1.29 is 4.74 Å². The lowest BCUT2D eigenvalue weighted by molar-refractivity contribution is 0.130. The van der Waals surface area contributed by atoms with Gasteiger partial charge in [-0.05, 0) is 31.2 Å². The van der Waals surface area contributed by atoms with Gasteiger partial charge >= 0.3 is 0 Å². The van der Waals surface area contributed by atoms with Gasteiger partial charge in [0.05, 0.1) is 30.3 Å². The molecule has 4 heteroatoms. The number of aromatic nitrogens is 2. The van der Waals surface area contributed by atoms with E-state index in [4.69, 9.17) is 10.5 Å². The highest BCUT2D eigenvalue weighted by atomic mass is 16.5. The number of ether oxygens (including phenoxy) is 1. The summed E-state index contributed by atoms with van der Waals surface area (Å²) in [7, 11) is 0. The number of hydrogen-bond acceptors (Lipinski definition) is 3. The smallest absolute Gasteiger partial charge is 0.0897 e. The average Bonchev–Trinajstić information content (AvgIpc) is 2.84. The number of hydrogen-bond donors (Lipinski definition) is 1. The minimum Gasteiger partial charge on any atom is -0.399 e. The molecule has 4 nitrogen and oxygen atoms in total. The summed E-state index contributed by atoms with van der Waals surface area (Å²) in [6.07, 6.45) is 0. The summed E-state index contributed by atoms with van der Waals surface area (Å²) >= 11 is 0. The van der Waals surface area contributed by atoms with E-state index in [-0.39, 0.29) is 0 Å². The predicted octanol–water partition coefficient (Wildman–Crippen LogP) is 1.79. The van der Waals surface area contributed by atoms with Gasteiger partial charge in [0.15, 0.2) is 0 Å². The molecule has 0 fully saturated rings. The van der Waals surface area contributed by atoms with E-state index >= 15 is 0 Å². The van der Waals surface area contributed by atoms with Crippen molar-refractivity contribution in [3.05, 3.63) is 41.2 Å². The molecule has 2 aromatic rings. The van der Waals surface area contributed by atoms with Crippen molar-refractivity contribution in [2.24, 2.45) is 0 Å². The Hall–Kier alpha value is -1.81. The molecule has 0 spiro atoms. The van der Waals surface area contributed by atoms with Gasteiger partial charge in [0, 0.05) is 11.3 Å². The van der Waals surface area contributed by atoms with Crippen LogP contribution in [0.1, 0.15) is 17.0 Å². The molecule has 1 aromatic carbocycles. The molecular formula is C12H13N3O. The van der Waals surface area contributed by atoms with Crippen LogP contribution in [0.15, 0.2) is 24.3 Å². The van der Waals surface area contributed by atoms with Crippen LogP contribution in [0.2, 0.25) is 0 Å². The van der Waals surface area contributed by atoms with Gasteiger partial charge in [0.2, 0.25) is 0 Å². The first kappa shape index (κ1) is 9.42. The zero-order valence-corrected chi connectivity index (χ0v) is 9.10. The van der Waals surface area contributed by atoms with E-state index in [2.05, 4.69) is 5.10 Å². The van der Waals surface area contributed by atoms with Crippen molar-refractivity contribution in [3.63, 3.8) is 0 Å². The Kier molecular flexibility index (Phi) is 1.97. The molecule has 0 unspecified atom stereocenters. The molecule has 2 N–H and O–H groups in total. The van der Waals surface area contributed by atoms with E-state index in [1.165, 1.54) is 5.56 Å². The second-order valence-corrected chi connectivity index (χ2v) is 4.01. The number of rotatable bonds is 1. The fourth-order valence-corrected chi connectivity index (χ4v) is 2.02. The molecular weight excluding hydrogens is 202 g/mol. The topological polar surface area (TPSA) is 53.1 Å². The fraction of sp³-hybridized carbons (Fsp3) is 0.250. The Bertz CT molecular complexity index is 528. The molecule has 0 saturated heterocycles. The molecule has 0 atom stereocenters. The summed E-state index contributed by atoms with van der Waals surface area (Å²) in [5.74, 6) is 0. The van der Waals surface area contributed by atoms with Crippen molar-refractivity contribution in [1.29, 1.82) is 0 Å². The third-order valence-corrected chi connectivity index (χ3v) is 2.91. The predicted molar refractivity (Wildman–Crippen MR) is 61.2 cm³/mol. The number of nitrogen functional groups attached to an aromatic ring is 1. The third kappa shape index (κ3) is 1.31. The average molecular weight is 215 g/mol. The van der Waals surface area contributed by atoms with Crippen molar-refractivity contribution in [2.45, 2.75) is 20.1 Å². The normalized spacial score (nSPS) is 14.1. The van der Waals surface area contributed by atoms with Gasteiger partial charge in [-0.2, -0.15) is 5.10 Å². The van der Waals surface area contributed by atoms with Gasteiger partial charge in [-0.3, -0.25) is 0 Å². The van der Waals surface area contributed by atoms with E-state index in [1.54, 1.807) is 0 Å². The summed E-state index contributed by atoms with van der Waals surface area (Å²) < 4.78 is 7.38. The van der Waals surface area contributed by atoms with Crippen LogP contribution in [0.25, 0.3) is 5.69 Å². The summed E-state index contributed by atoms with van der Waals surface area (Å²) in [6, 6.07) is 7.71. The van der Waals surface area contributed by atoms with Gasteiger partial charge < -0.3 is 10.5 Å². The number of anilines is 1. The van der Waals surface area contributed by atoms with Crippen molar-refractivity contribution in [1.82, 2.24) is 9.78 Å². The molecule has 0 aliphatic carbocycles. The van der Waals surface area contributed by atoms with E-state index in [0.29, 0.717) is 13.2 Å². The van der Waals surface area contributed by atoms with Crippen LogP contribution in [0, 0.1) is 6.92 Å². The molecule has 1 aliphatic heterocycles. The molecule has 0 saturated carbocycles. The van der Waals surface area contributed by atoms with Crippen LogP contribution in [-0.4, -0.2) is 9.78 Å². The number of nitrogens with two attached hydrogens (primary N) is 1. The van der Waals surface area contributed by atoms with E-state index in [9.17, 15) is 0 Å². The Labute approximate surface area is 93.6 Å². The first-order valence-electron chi connectivity index (χ1n) is 5.27. The molecule has 3 rings (SSSR count). The van der Waals surface area contributed by atoms with Crippen LogP contribution >= 0.6 is 0 Å². The molecule has 2 heterocycles. The largest absolute Gasteiger partial charge is 0.399 e. The number of benzene rings is 1. The standard InChI is InChI=1S/C12H13N3O/c1-8-11-6-16-7-12(11)15(14-8)10-4-2-9(13)3-5-10/h2-5H,6-7,13H2,1H3. The Morgan fingerprint density at radius 2 is 2.00 bits per heavy atom. The van der Waals surface area contributed by atoms with Crippen LogP contribution in [-0.2, 0) is 18.0 Å². The van der Waals surface area contributed by atoms with Crippen LogP contribution in [0.3, 0.4) is 0 Å². The lowest BCUT2D eigenvalue weighted by Gasteiger charge is -2.05. The SMILES string of the molecule is Cc1nn(-c2ccc(N)cc2)c2c1COC2. The highest BCUT2D eigenvalue weighted by Gasteiger charge is 2.21. The summed E-state index contributed by atoms with van der Waals surface area (Å²) in [6.45, 7) is 3.33. The molecule has 16 heavy (non-hydrogen) atoms. The van der Waals surface area contributed by atoms with E-state index in [0.717, 1.165) is 22.8 Å². The van der Waals surface area contributed by atoms with Gasteiger partial charge in [-0.25, -0.2) is 4.68 Å². The van der Waals surface area contributed by atoms with Crippen LogP contribution in [0.4, 0.5) is 5.69 Å². The van der Waals surface area contributed by atoms with Gasteiger partial charge in [-0.15, -0.1) is 0 Å². The summed E-state index contributed by atoms with van der Waals surface area (Å²) in [4.78, 5) is 0. The Balaban J connectivity index is 2.13. The lowest BCUT2D eigenvalue weighted by atomic mass is 10.2. The lowest BCUT2D eigenvalue weighted by Crippen LogP contribution is -2.01. The van der Waals surface area contributed by atoms with Gasteiger partial charge in [0.1, 0.15) is 0 Å². The molecule has 0 radical (unpaired) electrons. The number of aryl methyl sites for hydroxylation is 1. The highest BCUT2D eigenvalue weighted by molar-refractivity contribution is 5.46. The number of fused-ring (bicyclic) bond motifs is 1. The zero-order chi connectivity index (χ0) is 11.1. The van der Waals surface area contributed by atoms with E-state index in [1.807, 2.05) is 35.9 Å². The second kappa shape index (κ2) is 3.35. The summed E-state index contributed by atoms with van der Waals surface area (Å²) in [5.41, 5.74) is 10.9. The first-order chi connectivity index (χ1) is 7.75. The molecule has 82 valence electrons. The van der Waals surface area contributed by atoms with E-state index < -0.39 is 0 Å². The third-order valence-electron chi connectivity index (χ3n) is 2.91. The fourth-order valence-electron chi connectivity index (χ4n) is 2.02. The quantitative estimate of drug-likeness (QED) is 0.738. The molecule has 1 aromatic heterocycles. The monoisotopic (exact) mass is 215 g/mol. The van der Waals surface area contributed by atoms with Crippen molar-refractivity contribution in [3.8, 4) is 5.69 Å².